The Balaban J connectivity index is 0.000000531. The van der Waals surface area contributed by atoms with Gasteiger partial charge in [-0.1, -0.05) is 32.9 Å². The van der Waals surface area contributed by atoms with E-state index >= 15 is 0 Å². The molecule has 0 atom stereocenters. The Morgan fingerprint density at radius 2 is 1.80 bits per heavy atom. The second-order valence-electron chi connectivity index (χ2n) is 3.63. The lowest BCUT2D eigenvalue weighted by molar-refractivity contribution is 1.11. The van der Waals surface area contributed by atoms with Gasteiger partial charge in [-0.2, -0.15) is 0 Å². The van der Waals surface area contributed by atoms with Gasteiger partial charge in [0.1, 0.15) is 0 Å². The van der Waals surface area contributed by atoms with Gasteiger partial charge in [0.15, 0.2) is 0 Å². The molecule has 0 unspecified atom stereocenters. The Bertz CT molecular complexity index is 438. The maximum absolute atomic E-state index is 3.42. The summed E-state index contributed by atoms with van der Waals surface area (Å²) in [4.78, 5) is 3.42. The van der Waals surface area contributed by atoms with Crippen molar-refractivity contribution >= 4 is 10.9 Å². The minimum absolute atomic E-state index is 1.11. The van der Waals surface area contributed by atoms with Gasteiger partial charge in [-0.3, -0.25) is 0 Å². The maximum atomic E-state index is 3.42. The van der Waals surface area contributed by atoms with Crippen molar-refractivity contribution in [1.29, 1.82) is 0 Å². The summed E-state index contributed by atoms with van der Waals surface area (Å²) in [5, 5.41) is 1.38. The first-order valence-corrected chi connectivity index (χ1v) is 5.80. The molecule has 0 spiro atoms. The molecule has 0 aliphatic heterocycles. The van der Waals surface area contributed by atoms with Gasteiger partial charge in [-0.05, 0) is 37.5 Å². The van der Waals surface area contributed by atoms with Gasteiger partial charge in [0.2, 0.25) is 0 Å². The number of H-pyrrole nitrogens is 1. The maximum Gasteiger partial charge on any atom is 0.0461 e. The molecule has 1 aromatic heterocycles. The Kier molecular flexibility index (Phi) is 3.96. The van der Waals surface area contributed by atoms with Gasteiger partial charge in [-0.25, -0.2) is 0 Å². The topological polar surface area (TPSA) is 15.8 Å². The molecule has 0 saturated carbocycles. The lowest BCUT2D eigenvalue weighted by atomic mass is 10.1. The van der Waals surface area contributed by atoms with Crippen LogP contribution in [0.4, 0.5) is 0 Å². The fourth-order valence-electron chi connectivity index (χ4n) is 1.96. The normalized spacial score (nSPS) is 9.93. The summed E-state index contributed by atoms with van der Waals surface area (Å²) in [5.74, 6) is 0. The highest BCUT2D eigenvalue weighted by Crippen LogP contribution is 2.23. The van der Waals surface area contributed by atoms with E-state index in [1.54, 1.807) is 0 Å². The molecule has 0 saturated heterocycles. The fourth-order valence-corrected chi connectivity index (χ4v) is 1.96. The van der Waals surface area contributed by atoms with Gasteiger partial charge in [0.05, 0.1) is 0 Å². The van der Waals surface area contributed by atoms with Crippen LogP contribution in [-0.4, -0.2) is 4.98 Å². The molecule has 1 N–H and O–H groups in total. The van der Waals surface area contributed by atoms with E-state index in [1.165, 1.54) is 27.7 Å². The number of fused-ring (bicyclic) bond motifs is 1. The molecular formula is C14H21N. The molecule has 0 aliphatic carbocycles. The Labute approximate surface area is 92.5 Å². The van der Waals surface area contributed by atoms with E-state index in [1.807, 2.05) is 13.8 Å². The molecule has 1 aromatic carbocycles. The first kappa shape index (κ1) is 11.8. The minimum Gasteiger partial charge on any atom is -0.358 e. The van der Waals surface area contributed by atoms with E-state index in [2.05, 4.69) is 44.0 Å². The third-order valence-corrected chi connectivity index (χ3v) is 2.63. The number of aromatic amines is 1. The second kappa shape index (κ2) is 5.01. The highest BCUT2D eigenvalue weighted by atomic mass is 14.7. The van der Waals surface area contributed by atoms with E-state index in [4.69, 9.17) is 0 Å². The Hall–Kier alpha value is -1.24. The van der Waals surface area contributed by atoms with E-state index in [-0.39, 0.29) is 0 Å². The predicted octanol–water partition coefficient (Wildman–Crippen LogP) is 4.37. The first-order chi connectivity index (χ1) is 7.22. The first-order valence-electron chi connectivity index (χ1n) is 5.80. The summed E-state index contributed by atoms with van der Waals surface area (Å²) in [6.45, 7) is 10.5. The van der Waals surface area contributed by atoms with Crippen molar-refractivity contribution in [2.45, 2.75) is 41.0 Å². The molecular weight excluding hydrogens is 182 g/mol. The third kappa shape index (κ3) is 2.23. The number of aryl methyl sites for hydroxylation is 3. The van der Waals surface area contributed by atoms with Gasteiger partial charge >= 0.3 is 0 Å². The molecule has 1 heteroatoms. The van der Waals surface area contributed by atoms with Crippen molar-refractivity contribution in [1.82, 2.24) is 4.98 Å². The van der Waals surface area contributed by atoms with E-state index < -0.39 is 0 Å². The molecule has 0 bridgehead atoms. The molecule has 82 valence electrons. The standard InChI is InChI=1S/C12H15N.C2H6/c1-4-10-9(3)13-12-7-8(2)5-6-11(10)12;1-2/h5-7,13H,4H2,1-3H3;1-2H3. The average Bonchev–Trinajstić information content (AvgIpc) is 2.55. The molecule has 15 heavy (non-hydrogen) atoms. The Morgan fingerprint density at radius 3 is 2.40 bits per heavy atom. The van der Waals surface area contributed by atoms with E-state index in [9.17, 15) is 0 Å². The monoisotopic (exact) mass is 203 g/mol. The number of rotatable bonds is 1. The number of hydrogen-bond donors (Lipinski definition) is 1. The summed E-state index contributed by atoms with van der Waals surface area (Å²) in [5.41, 5.74) is 5.35. The third-order valence-electron chi connectivity index (χ3n) is 2.63. The van der Waals surface area contributed by atoms with Crippen LogP contribution in [0.15, 0.2) is 18.2 Å². The number of aromatic nitrogens is 1. The predicted molar refractivity (Wildman–Crippen MR) is 68.5 cm³/mol. The molecule has 1 heterocycles. The molecule has 2 aromatic rings. The van der Waals surface area contributed by atoms with Crippen molar-refractivity contribution in [3.8, 4) is 0 Å². The number of benzene rings is 1. The number of hydrogen-bond acceptors (Lipinski definition) is 0. The van der Waals surface area contributed by atoms with Crippen LogP contribution in [0, 0.1) is 13.8 Å². The lowest BCUT2D eigenvalue weighted by Crippen LogP contribution is -1.80. The van der Waals surface area contributed by atoms with Crippen molar-refractivity contribution in [3.63, 3.8) is 0 Å². The van der Waals surface area contributed by atoms with Crippen LogP contribution in [0.1, 0.15) is 37.6 Å². The van der Waals surface area contributed by atoms with E-state index in [0.717, 1.165) is 6.42 Å². The van der Waals surface area contributed by atoms with Crippen LogP contribution >= 0.6 is 0 Å². The zero-order valence-corrected chi connectivity index (χ0v) is 10.4. The molecule has 0 aliphatic rings. The molecule has 2 rings (SSSR count). The van der Waals surface area contributed by atoms with Crippen LogP contribution in [-0.2, 0) is 6.42 Å². The van der Waals surface area contributed by atoms with Gasteiger partial charge in [0.25, 0.3) is 0 Å². The summed E-state index contributed by atoms with van der Waals surface area (Å²) in [7, 11) is 0. The van der Waals surface area contributed by atoms with Crippen molar-refractivity contribution in [2.75, 3.05) is 0 Å². The largest absolute Gasteiger partial charge is 0.358 e. The van der Waals surface area contributed by atoms with Gasteiger partial charge in [-0.15, -0.1) is 0 Å². The molecule has 1 nitrogen and oxygen atoms in total. The van der Waals surface area contributed by atoms with Crippen LogP contribution in [0.5, 0.6) is 0 Å². The van der Waals surface area contributed by atoms with Crippen LogP contribution in [0.2, 0.25) is 0 Å². The minimum atomic E-state index is 1.11. The second-order valence-corrected chi connectivity index (χ2v) is 3.63. The van der Waals surface area contributed by atoms with Crippen molar-refractivity contribution < 1.29 is 0 Å². The summed E-state index contributed by atoms with van der Waals surface area (Å²) in [6.07, 6.45) is 1.11. The number of nitrogens with one attached hydrogen (secondary N) is 1. The molecule has 0 amide bonds. The van der Waals surface area contributed by atoms with Crippen LogP contribution in [0.3, 0.4) is 0 Å². The van der Waals surface area contributed by atoms with Crippen LogP contribution < -0.4 is 0 Å². The van der Waals surface area contributed by atoms with E-state index in [0.29, 0.717) is 0 Å². The van der Waals surface area contributed by atoms with Crippen molar-refractivity contribution in [3.05, 3.63) is 35.0 Å². The highest BCUT2D eigenvalue weighted by Gasteiger charge is 2.05. The zero-order valence-electron chi connectivity index (χ0n) is 10.4. The van der Waals surface area contributed by atoms with Crippen LogP contribution in [0.25, 0.3) is 10.9 Å². The van der Waals surface area contributed by atoms with Gasteiger partial charge < -0.3 is 4.98 Å². The Morgan fingerprint density at radius 1 is 1.13 bits per heavy atom. The summed E-state index contributed by atoms with van der Waals surface area (Å²) >= 11 is 0. The highest BCUT2D eigenvalue weighted by molar-refractivity contribution is 5.85. The molecule has 0 fully saturated rings. The summed E-state index contributed by atoms with van der Waals surface area (Å²) < 4.78 is 0. The zero-order chi connectivity index (χ0) is 11.4. The quantitative estimate of drug-likeness (QED) is 0.708. The lowest BCUT2D eigenvalue weighted by Gasteiger charge is -1.95. The molecule has 0 radical (unpaired) electrons. The summed E-state index contributed by atoms with van der Waals surface area (Å²) in [6, 6.07) is 6.60. The van der Waals surface area contributed by atoms with Crippen molar-refractivity contribution in [2.24, 2.45) is 0 Å². The van der Waals surface area contributed by atoms with Gasteiger partial charge in [0, 0.05) is 16.6 Å². The fraction of sp³-hybridized carbons (Fsp3) is 0.429. The smallest absolute Gasteiger partial charge is 0.0461 e. The average molecular weight is 203 g/mol. The SMILES string of the molecule is CC.CCc1c(C)[nH]c2cc(C)ccc12.